The van der Waals surface area contributed by atoms with Gasteiger partial charge in [0.05, 0.1) is 6.61 Å². The Balaban J connectivity index is 4.38. The molecule has 29 heavy (non-hydrogen) atoms. The van der Waals surface area contributed by atoms with Crippen LogP contribution in [0.4, 0.5) is 0 Å². The zero-order valence-electron chi connectivity index (χ0n) is 16.1. The maximum Gasteiger partial charge on any atom is 0.481 e. The number of aliphatic hydroxyl groups excluding tert-OH is 1. The van der Waals surface area contributed by atoms with E-state index in [0.29, 0.717) is 5.75 Å². The van der Waals surface area contributed by atoms with E-state index in [9.17, 15) is 33.5 Å². The molecule has 6 N–H and O–H groups in total. The summed E-state index contributed by atoms with van der Waals surface area (Å²) >= 11 is 1.06. The lowest BCUT2D eigenvalue weighted by molar-refractivity contribution is -0.137. The van der Waals surface area contributed by atoms with Crippen LogP contribution in [0.3, 0.4) is 0 Å². The Morgan fingerprint density at radius 2 is 1.69 bits per heavy atom. The normalized spacial score (nSPS) is 15.3. The highest BCUT2D eigenvalue weighted by Gasteiger charge is 2.39. The van der Waals surface area contributed by atoms with Gasteiger partial charge in [0.2, 0.25) is 11.8 Å². The predicted octanol–water partition coefficient (Wildman–Crippen LogP) is -0.498. The first-order valence-electron chi connectivity index (χ1n) is 8.16. The summed E-state index contributed by atoms with van der Waals surface area (Å²) in [6, 6.07) is 0. The maximum atomic E-state index is 12.0. The zero-order chi connectivity index (χ0) is 22.9. The molecular formula is C13H26N2O11P2S. The number of carbonyl (C=O) groups is 3. The third kappa shape index (κ3) is 13.9. The molecule has 0 rings (SSSR count). The number of carbonyl (C=O) groups excluding carboxylic acids is 3. The van der Waals surface area contributed by atoms with Crippen LogP contribution in [-0.2, 0) is 32.3 Å². The SMILES string of the molecule is CC(=O)SCCNC(=O)CCNC(=O)[C@H](O)C(C)(C)COP(=O)(O)OP(=O)(O)O. The number of hydrogen-bond donors (Lipinski definition) is 6. The minimum atomic E-state index is -5.29. The average Bonchev–Trinajstić information content (AvgIpc) is 2.54. The molecule has 170 valence electrons. The van der Waals surface area contributed by atoms with Crippen molar-refractivity contribution < 1.29 is 52.1 Å². The minimum absolute atomic E-state index is 0.0713. The van der Waals surface area contributed by atoms with Gasteiger partial charge in [0, 0.05) is 37.6 Å². The monoisotopic (exact) mass is 480 g/mol. The Labute approximate surface area is 171 Å². The smallest absolute Gasteiger partial charge is 0.383 e. The lowest BCUT2D eigenvalue weighted by Gasteiger charge is -2.29. The lowest BCUT2D eigenvalue weighted by atomic mass is 9.87. The van der Waals surface area contributed by atoms with E-state index >= 15 is 0 Å². The van der Waals surface area contributed by atoms with E-state index in [4.69, 9.17) is 9.79 Å². The fraction of sp³-hybridized carbons (Fsp3) is 0.769. The van der Waals surface area contributed by atoms with Crippen LogP contribution in [0.5, 0.6) is 0 Å². The van der Waals surface area contributed by atoms with Gasteiger partial charge >= 0.3 is 15.6 Å². The van der Waals surface area contributed by atoms with Crippen molar-refractivity contribution in [3.8, 4) is 0 Å². The molecule has 0 aromatic heterocycles. The van der Waals surface area contributed by atoms with E-state index in [1.165, 1.54) is 20.8 Å². The fourth-order valence-electron chi connectivity index (χ4n) is 1.71. The van der Waals surface area contributed by atoms with E-state index in [0.717, 1.165) is 11.8 Å². The third-order valence-electron chi connectivity index (χ3n) is 3.18. The molecule has 0 fully saturated rings. The van der Waals surface area contributed by atoms with Crippen molar-refractivity contribution in [3.63, 3.8) is 0 Å². The molecule has 0 saturated carbocycles. The second-order valence-corrected chi connectivity index (χ2v) is 10.5. The van der Waals surface area contributed by atoms with Gasteiger partial charge in [-0.1, -0.05) is 25.6 Å². The summed E-state index contributed by atoms with van der Waals surface area (Å²) in [4.78, 5) is 60.6. The average molecular weight is 480 g/mol. The van der Waals surface area contributed by atoms with Crippen LogP contribution in [0.15, 0.2) is 0 Å². The first-order valence-corrected chi connectivity index (χ1v) is 12.2. The molecule has 2 atom stereocenters. The number of hydrogen-bond acceptors (Lipinski definition) is 9. The number of thioether (sulfide) groups is 1. The number of nitrogens with one attached hydrogen (secondary N) is 2. The predicted molar refractivity (Wildman–Crippen MR) is 102 cm³/mol. The summed E-state index contributed by atoms with van der Waals surface area (Å²) < 4.78 is 30.1. The summed E-state index contributed by atoms with van der Waals surface area (Å²) in [5, 5.41) is 14.9. The molecule has 0 spiro atoms. The van der Waals surface area contributed by atoms with Crippen LogP contribution in [0.2, 0.25) is 0 Å². The summed E-state index contributed by atoms with van der Waals surface area (Å²) in [7, 11) is -10.4. The van der Waals surface area contributed by atoms with Gasteiger partial charge in [0.25, 0.3) is 0 Å². The topological polar surface area (TPSA) is 209 Å². The fourth-order valence-corrected chi connectivity index (χ4v) is 3.96. The van der Waals surface area contributed by atoms with Crippen molar-refractivity contribution in [2.24, 2.45) is 5.41 Å². The number of phosphoric ester groups is 1. The quantitative estimate of drug-likeness (QED) is 0.146. The van der Waals surface area contributed by atoms with Crippen molar-refractivity contribution >= 4 is 44.3 Å². The minimum Gasteiger partial charge on any atom is -0.383 e. The van der Waals surface area contributed by atoms with Crippen molar-refractivity contribution in [2.45, 2.75) is 33.3 Å². The summed E-state index contributed by atoms with van der Waals surface area (Å²) in [6.45, 7) is 3.44. The molecule has 1 unspecified atom stereocenters. The van der Waals surface area contributed by atoms with Crippen LogP contribution in [0.1, 0.15) is 27.2 Å². The number of rotatable bonds is 13. The molecule has 16 heteroatoms. The highest BCUT2D eigenvalue weighted by Crippen LogP contribution is 2.58. The summed E-state index contributed by atoms with van der Waals surface area (Å²) in [6.07, 6.45) is -1.81. The highest BCUT2D eigenvalue weighted by atomic mass is 32.2. The van der Waals surface area contributed by atoms with E-state index < -0.39 is 39.7 Å². The van der Waals surface area contributed by atoms with Gasteiger partial charge in [-0.25, -0.2) is 9.13 Å². The van der Waals surface area contributed by atoms with Crippen molar-refractivity contribution in [1.29, 1.82) is 0 Å². The van der Waals surface area contributed by atoms with Gasteiger partial charge in [-0.05, 0) is 0 Å². The van der Waals surface area contributed by atoms with E-state index in [1.807, 2.05) is 0 Å². The van der Waals surface area contributed by atoms with Crippen LogP contribution in [0, 0.1) is 5.41 Å². The number of aliphatic hydroxyl groups is 1. The van der Waals surface area contributed by atoms with Crippen molar-refractivity contribution in [2.75, 3.05) is 25.4 Å². The summed E-state index contributed by atoms with van der Waals surface area (Å²) in [5.74, 6) is -0.842. The Hall–Kier alpha value is -0.820. The largest absolute Gasteiger partial charge is 0.481 e. The van der Waals surface area contributed by atoms with Crippen LogP contribution >= 0.6 is 27.4 Å². The maximum absolute atomic E-state index is 12.0. The van der Waals surface area contributed by atoms with E-state index in [-0.39, 0.29) is 30.5 Å². The van der Waals surface area contributed by atoms with Crippen LogP contribution < -0.4 is 10.6 Å². The van der Waals surface area contributed by atoms with E-state index in [2.05, 4.69) is 19.5 Å². The molecule has 0 aliphatic carbocycles. The van der Waals surface area contributed by atoms with Gasteiger partial charge < -0.3 is 30.4 Å². The van der Waals surface area contributed by atoms with Crippen LogP contribution in [-0.4, -0.2) is 68.3 Å². The molecule has 0 aliphatic rings. The Morgan fingerprint density at radius 1 is 1.10 bits per heavy atom. The molecule has 0 radical (unpaired) electrons. The molecular weight excluding hydrogens is 454 g/mol. The van der Waals surface area contributed by atoms with Crippen molar-refractivity contribution in [1.82, 2.24) is 10.6 Å². The second-order valence-electron chi connectivity index (χ2n) is 6.44. The Morgan fingerprint density at radius 3 is 2.21 bits per heavy atom. The van der Waals surface area contributed by atoms with Gasteiger partial charge in [0.1, 0.15) is 6.10 Å². The van der Waals surface area contributed by atoms with Crippen LogP contribution in [0.25, 0.3) is 0 Å². The van der Waals surface area contributed by atoms with Gasteiger partial charge in [-0.2, -0.15) is 4.31 Å². The molecule has 0 heterocycles. The molecule has 0 saturated heterocycles. The Kier molecular flexibility index (Phi) is 11.8. The standard InChI is InChI=1S/C13H26N2O11P2S/c1-9(16)29-7-6-14-10(17)4-5-15-12(19)11(18)13(2,3)8-25-28(23,24)26-27(20,21)22/h11,18H,4-8H2,1-3H3,(H,14,17)(H,15,19)(H,23,24)(H2,20,21,22)/t11-/m0/s1. The third-order valence-corrected chi connectivity index (χ3v) is 6.13. The van der Waals surface area contributed by atoms with E-state index in [1.54, 1.807) is 0 Å². The molecule has 0 bridgehead atoms. The van der Waals surface area contributed by atoms with Crippen molar-refractivity contribution in [3.05, 3.63) is 0 Å². The first kappa shape index (κ1) is 28.2. The number of phosphoric acid groups is 2. The lowest BCUT2D eigenvalue weighted by Crippen LogP contribution is -2.46. The van der Waals surface area contributed by atoms with Gasteiger partial charge in [0.15, 0.2) is 5.12 Å². The summed E-state index contributed by atoms with van der Waals surface area (Å²) in [5.41, 5.74) is -1.44. The molecule has 0 aromatic rings. The first-order chi connectivity index (χ1) is 13.1. The Bertz CT molecular complexity index is 682. The zero-order valence-corrected chi connectivity index (χ0v) is 18.7. The van der Waals surface area contributed by atoms with Gasteiger partial charge in [-0.3, -0.25) is 18.9 Å². The molecule has 2 amide bonds. The second kappa shape index (κ2) is 12.1. The molecule has 0 aromatic carbocycles. The molecule has 0 aliphatic heterocycles. The van der Waals surface area contributed by atoms with Gasteiger partial charge in [-0.15, -0.1) is 0 Å². The molecule has 13 nitrogen and oxygen atoms in total. The highest BCUT2D eigenvalue weighted by molar-refractivity contribution is 8.13. The number of amides is 2.